The third kappa shape index (κ3) is 2.87. The van der Waals surface area contributed by atoms with Gasteiger partial charge in [0.2, 0.25) is 0 Å². The first-order valence-corrected chi connectivity index (χ1v) is 9.49. The number of sulfone groups is 1. The van der Waals surface area contributed by atoms with E-state index in [-0.39, 0.29) is 17.4 Å². The maximum Gasteiger partial charge on any atom is 0.258 e. The summed E-state index contributed by atoms with van der Waals surface area (Å²) >= 11 is 3.35. The Morgan fingerprint density at radius 3 is 2.91 bits per heavy atom. The average molecular weight is 390 g/mol. The van der Waals surface area contributed by atoms with Gasteiger partial charge in [0.1, 0.15) is 5.75 Å². The van der Waals surface area contributed by atoms with Gasteiger partial charge in [0.15, 0.2) is 9.84 Å². The Labute approximate surface area is 137 Å². The van der Waals surface area contributed by atoms with Crippen molar-refractivity contribution < 1.29 is 22.7 Å². The van der Waals surface area contributed by atoms with Crippen LogP contribution in [0.15, 0.2) is 22.7 Å². The van der Waals surface area contributed by atoms with E-state index >= 15 is 0 Å². The number of carbonyl (C=O) groups excluding carboxylic acids is 1. The molecular formula is C14H16BrNO5S. The molecule has 2 aliphatic heterocycles. The van der Waals surface area contributed by atoms with Crippen LogP contribution < -0.4 is 4.74 Å². The molecule has 0 aliphatic carbocycles. The molecule has 3 rings (SSSR count). The standard InChI is InChI=1S/C14H16BrNO5S/c1-20-12-3-2-9(15)6-10(12)14(17)16-4-5-21-13-8-22(18,19)7-11(13)16/h2-3,6,11,13H,4-5,7-8H2,1H3. The van der Waals surface area contributed by atoms with Gasteiger partial charge < -0.3 is 14.4 Å². The molecule has 6 nitrogen and oxygen atoms in total. The van der Waals surface area contributed by atoms with Crippen molar-refractivity contribution in [2.24, 2.45) is 0 Å². The molecule has 2 heterocycles. The third-order valence-corrected chi connectivity index (χ3v) is 6.17. The number of halogens is 1. The summed E-state index contributed by atoms with van der Waals surface area (Å²) in [7, 11) is -1.66. The molecule has 0 bridgehead atoms. The minimum Gasteiger partial charge on any atom is -0.496 e. The molecule has 1 aromatic carbocycles. The van der Waals surface area contributed by atoms with Crippen LogP contribution in [0.1, 0.15) is 10.4 Å². The van der Waals surface area contributed by atoms with Gasteiger partial charge in [-0.3, -0.25) is 4.79 Å². The summed E-state index contributed by atoms with van der Waals surface area (Å²) in [6.07, 6.45) is -0.430. The number of hydrogen-bond acceptors (Lipinski definition) is 5. The van der Waals surface area contributed by atoms with Crippen molar-refractivity contribution in [3.8, 4) is 5.75 Å². The molecule has 120 valence electrons. The number of morpholine rings is 1. The molecule has 0 saturated carbocycles. The van der Waals surface area contributed by atoms with Crippen LogP contribution in [0.2, 0.25) is 0 Å². The zero-order valence-corrected chi connectivity index (χ0v) is 14.4. The number of amides is 1. The molecule has 1 aromatic rings. The van der Waals surface area contributed by atoms with Crippen molar-refractivity contribution in [3.05, 3.63) is 28.2 Å². The van der Waals surface area contributed by atoms with Gasteiger partial charge in [-0.2, -0.15) is 0 Å². The summed E-state index contributed by atoms with van der Waals surface area (Å²) in [5.41, 5.74) is 0.418. The average Bonchev–Trinajstić information content (AvgIpc) is 2.80. The van der Waals surface area contributed by atoms with Crippen LogP contribution in [-0.2, 0) is 14.6 Å². The quantitative estimate of drug-likeness (QED) is 0.756. The molecule has 2 fully saturated rings. The number of nitrogens with zero attached hydrogens (tertiary/aromatic N) is 1. The van der Waals surface area contributed by atoms with Crippen molar-refractivity contribution in [2.75, 3.05) is 31.8 Å². The summed E-state index contributed by atoms with van der Waals surface area (Å²) in [5, 5.41) is 0. The Morgan fingerprint density at radius 2 is 2.18 bits per heavy atom. The molecule has 2 saturated heterocycles. The lowest BCUT2D eigenvalue weighted by Gasteiger charge is -2.36. The minimum atomic E-state index is -3.16. The molecule has 8 heteroatoms. The Kier molecular flexibility index (Phi) is 4.17. The highest BCUT2D eigenvalue weighted by molar-refractivity contribution is 9.10. The van der Waals surface area contributed by atoms with Crippen molar-refractivity contribution >= 4 is 31.7 Å². The SMILES string of the molecule is COc1ccc(Br)cc1C(=O)N1CCOC2CS(=O)(=O)CC21. The van der Waals surface area contributed by atoms with Gasteiger partial charge in [0.05, 0.1) is 42.9 Å². The third-order valence-electron chi connectivity index (χ3n) is 3.99. The number of ether oxygens (including phenoxy) is 2. The van der Waals surface area contributed by atoms with Crippen molar-refractivity contribution in [1.82, 2.24) is 4.90 Å². The van der Waals surface area contributed by atoms with Crippen LogP contribution >= 0.6 is 15.9 Å². The first-order chi connectivity index (χ1) is 10.4. The van der Waals surface area contributed by atoms with E-state index < -0.39 is 22.0 Å². The summed E-state index contributed by atoms with van der Waals surface area (Å²) in [6.45, 7) is 0.726. The molecule has 2 atom stereocenters. The molecule has 0 spiro atoms. The zero-order valence-electron chi connectivity index (χ0n) is 12.0. The maximum absolute atomic E-state index is 12.9. The fourth-order valence-corrected chi connectivity index (χ4v) is 5.20. The van der Waals surface area contributed by atoms with Crippen LogP contribution in [0.25, 0.3) is 0 Å². The van der Waals surface area contributed by atoms with Crippen LogP contribution in [-0.4, -0.2) is 63.1 Å². The second-order valence-electron chi connectivity index (χ2n) is 5.40. The molecular weight excluding hydrogens is 374 g/mol. The number of hydrogen-bond donors (Lipinski definition) is 0. The summed E-state index contributed by atoms with van der Waals surface area (Å²) in [6, 6.07) is 4.77. The van der Waals surface area contributed by atoms with Crippen LogP contribution in [0.3, 0.4) is 0 Å². The number of methoxy groups -OCH3 is 1. The molecule has 22 heavy (non-hydrogen) atoms. The van der Waals surface area contributed by atoms with E-state index in [2.05, 4.69) is 15.9 Å². The Hall–Kier alpha value is -1.12. The lowest BCUT2D eigenvalue weighted by Crippen LogP contribution is -2.53. The predicted molar refractivity (Wildman–Crippen MR) is 83.9 cm³/mol. The van der Waals surface area contributed by atoms with E-state index in [1.165, 1.54) is 7.11 Å². The van der Waals surface area contributed by atoms with Gasteiger partial charge in [-0.05, 0) is 18.2 Å². The van der Waals surface area contributed by atoms with E-state index in [0.29, 0.717) is 24.5 Å². The first kappa shape index (κ1) is 15.8. The Bertz CT molecular complexity index is 705. The van der Waals surface area contributed by atoms with Gasteiger partial charge in [0, 0.05) is 11.0 Å². The topological polar surface area (TPSA) is 72.9 Å². The summed E-state index contributed by atoms with van der Waals surface area (Å²) < 4.78 is 35.2. The van der Waals surface area contributed by atoms with E-state index in [1.54, 1.807) is 23.1 Å². The zero-order chi connectivity index (χ0) is 15.9. The maximum atomic E-state index is 12.9. The second kappa shape index (κ2) is 5.82. The largest absolute Gasteiger partial charge is 0.496 e. The van der Waals surface area contributed by atoms with Crippen LogP contribution in [0, 0.1) is 0 Å². The lowest BCUT2D eigenvalue weighted by molar-refractivity contribution is -0.0362. The minimum absolute atomic E-state index is 0.0168. The van der Waals surface area contributed by atoms with Crippen LogP contribution in [0.4, 0.5) is 0 Å². The molecule has 0 aromatic heterocycles. The number of carbonyl (C=O) groups is 1. The highest BCUT2D eigenvalue weighted by Crippen LogP contribution is 2.29. The fraction of sp³-hybridized carbons (Fsp3) is 0.500. The first-order valence-electron chi connectivity index (χ1n) is 6.88. The second-order valence-corrected chi connectivity index (χ2v) is 8.47. The van der Waals surface area contributed by atoms with Gasteiger partial charge in [-0.1, -0.05) is 15.9 Å². The van der Waals surface area contributed by atoms with E-state index in [1.807, 2.05) is 0 Å². The summed E-state index contributed by atoms with van der Waals surface area (Å²) in [5.74, 6) is 0.183. The van der Waals surface area contributed by atoms with Crippen LogP contribution in [0.5, 0.6) is 5.75 Å². The smallest absolute Gasteiger partial charge is 0.258 e. The van der Waals surface area contributed by atoms with Crippen molar-refractivity contribution in [2.45, 2.75) is 12.1 Å². The number of fused-ring (bicyclic) bond motifs is 1. The molecule has 2 unspecified atom stereocenters. The fourth-order valence-electron chi connectivity index (χ4n) is 2.97. The van der Waals surface area contributed by atoms with Gasteiger partial charge in [0.25, 0.3) is 5.91 Å². The number of benzene rings is 1. The van der Waals surface area contributed by atoms with Crippen molar-refractivity contribution in [3.63, 3.8) is 0 Å². The van der Waals surface area contributed by atoms with E-state index in [4.69, 9.17) is 9.47 Å². The monoisotopic (exact) mass is 389 g/mol. The van der Waals surface area contributed by atoms with Gasteiger partial charge >= 0.3 is 0 Å². The normalized spacial score (nSPS) is 26.5. The summed E-state index contributed by atoms with van der Waals surface area (Å²) in [4.78, 5) is 14.5. The Morgan fingerprint density at radius 1 is 1.41 bits per heavy atom. The van der Waals surface area contributed by atoms with E-state index in [9.17, 15) is 13.2 Å². The Balaban J connectivity index is 1.93. The van der Waals surface area contributed by atoms with Crippen molar-refractivity contribution in [1.29, 1.82) is 0 Å². The highest BCUT2D eigenvalue weighted by atomic mass is 79.9. The molecule has 0 N–H and O–H groups in total. The van der Waals surface area contributed by atoms with Gasteiger partial charge in [-0.25, -0.2) is 8.42 Å². The molecule has 1 amide bonds. The molecule has 2 aliphatic rings. The lowest BCUT2D eigenvalue weighted by atomic mass is 10.1. The van der Waals surface area contributed by atoms with E-state index in [0.717, 1.165) is 4.47 Å². The predicted octanol–water partition coefficient (Wildman–Crippen LogP) is 1.10. The molecule has 0 radical (unpaired) electrons. The number of rotatable bonds is 2. The highest BCUT2D eigenvalue weighted by Gasteiger charge is 2.46. The van der Waals surface area contributed by atoms with Gasteiger partial charge in [-0.15, -0.1) is 0 Å².